The number of anilines is 1. The molecule has 0 aliphatic heterocycles. The smallest absolute Gasteiger partial charge is 0.381 e. The van der Waals surface area contributed by atoms with Crippen molar-refractivity contribution in [3.63, 3.8) is 0 Å². The first-order valence-corrected chi connectivity index (χ1v) is 5.23. The van der Waals surface area contributed by atoms with Crippen LogP contribution < -0.4 is 5.32 Å². The first kappa shape index (κ1) is 13.7. The molecule has 92 valence electrons. The number of nitrogens with zero attached hydrogens (tertiary/aromatic N) is 1. The van der Waals surface area contributed by atoms with Gasteiger partial charge in [0.15, 0.2) is 0 Å². The van der Waals surface area contributed by atoms with Gasteiger partial charge in [-0.05, 0) is 19.1 Å². The summed E-state index contributed by atoms with van der Waals surface area (Å²) in [6, 6.07) is 5.65. The van der Waals surface area contributed by atoms with Crippen LogP contribution in [0.2, 0.25) is 5.02 Å². The second-order valence-corrected chi connectivity index (χ2v) is 4.05. The third-order valence-electron chi connectivity index (χ3n) is 2.06. The molecule has 1 N–H and O–H groups in total. The number of hydrogen-bond acceptors (Lipinski definition) is 2. The van der Waals surface area contributed by atoms with Gasteiger partial charge in [-0.1, -0.05) is 17.7 Å². The van der Waals surface area contributed by atoms with Gasteiger partial charge in [0.2, 0.25) is 0 Å². The van der Waals surface area contributed by atoms with Crippen LogP contribution in [-0.4, -0.2) is 12.2 Å². The maximum Gasteiger partial charge on any atom is 0.391 e. The van der Waals surface area contributed by atoms with E-state index in [2.05, 4.69) is 5.32 Å². The standard InChI is InChI=1S/C11H10ClF3N2/c1-7(5-11(13,14)15)17-10-4-2-3-9(12)8(10)6-16/h2-4,7,17H,5H2,1H3. The Balaban J connectivity index is 2.83. The van der Waals surface area contributed by atoms with E-state index in [1.54, 1.807) is 6.07 Å². The van der Waals surface area contributed by atoms with Gasteiger partial charge in [-0.3, -0.25) is 0 Å². The van der Waals surface area contributed by atoms with Gasteiger partial charge in [-0.15, -0.1) is 0 Å². The van der Waals surface area contributed by atoms with E-state index in [1.165, 1.54) is 19.1 Å². The molecule has 0 spiro atoms. The number of nitrogens with one attached hydrogen (secondary N) is 1. The van der Waals surface area contributed by atoms with Crippen molar-refractivity contribution in [1.29, 1.82) is 5.26 Å². The first-order valence-electron chi connectivity index (χ1n) is 4.85. The number of hydrogen-bond donors (Lipinski definition) is 1. The number of alkyl halides is 3. The third-order valence-corrected chi connectivity index (χ3v) is 2.38. The molecule has 6 heteroatoms. The van der Waals surface area contributed by atoms with Gasteiger partial charge >= 0.3 is 6.18 Å². The van der Waals surface area contributed by atoms with Crippen molar-refractivity contribution in [3.8, 4) is 6.07 Å². The molecule has 0 radical (unpaired) electrons. The second kappa shape index (κ2) is 5.28. The van der Waals surface area contributed by atoms with Crippen LogP contribution in [0.3, 0.4) is 0 Å². The Morgan fingerprint density at radius 3 is 2.65 bits per heavy atom. The van der Waals surface area contributed by atoms with E-state index < -0.39 is 18.6 Å². The summed E-state index contributed by atoms with van der Waals surface area (Å²) in [4.78, 5) is 0. The zero-order valence-corrected chi connectivity index (χ0v) is 9.73. The molecule has 1 aromatic carbocycles. The van der Waals surface area contributed by atoms with E-state index in [-0.39, 0.29) is 10.6 Å². The average Bonchev–Trinajstić information content (AvgIpc) is 2.14. The molecule has 0 heterocycles. The van der Waals surface area contributed by atoms with Crippen molar-refractivity contribution < 1.29 is 13.2 Å². The summed E-state index contributed by atoms with van der Waals surface area (Å²) in [5, 5.41) is 11.7. The van der Waals surface area contributed by atoms with Gasteiger partial charge < -0.3 is 5.32 Å². The summed E-state index contributed by atoms with van der Waals surface area (Å²) in [5.41, 5.74) is 0.472. The molecule has 1 atom stereocenters. The van der Waals surface area contributed by atoms with Crippen molar-refractivity contribution in [2.24, 2.45) is 0 Å². The minimum Gasteiger partial charge on any atom is -0.381 e. The number of halogens is 4. The molecule has 0 aliphatic carbocycles. The highest BCUT2D eigenvalue weighted by atomic mass is 35.5. The minimum absolute atomic E-state index is 0.156. The van der Waals surface area contributed by atoms with Gasteiger partial charge in [0, 0.05) is 6.04 Å². The Hall–Kier alpha value is -1.41. The van der Waals surface area contributed by atoms with Crippen LogP contribution in [0.5, 0.6) is 0 Å². The van der Waals surface area contributed by atoms with E-state index in [9.17, 15) is 13.2 Å². The largest absolute Gasteiger partial charge is 0.391 e. The van der Waals surface area contributed by atoms with Gasteiger partial charge in [0.1, 0.15) is 6.07 Å². The van der Waals surface area contributed by atoms with E-state index in [0.29, 0.717) is 5.69 Å². The van der Waals surface area contributed by atoms with Crippen LogP contribution in [0.1, 0.15) is 18.9 Å². The zero-order valence-electron chi connectivity index (χ0n) is 8.98. The molecule has 0 aliphatic rings. The predicted octanol–water partition coefficient (Wildman–Crippen LogP) is 3.96. The van der Waals surface area contributed by atoms with Gasteiger partial charge in [-0.2, -0.15) is 18.4 Å². The summed E-state index contributed by atoms with van der Waals surface area (Å²) in [6.45, 7) is 1.40. The van der Waals surface area contributed by atoms with Gasteiger partial charge in [-0.25, -0.2) is 0 Å². The maximum atomic E-state index is 12.1. The van der Waals surface area contributed by atoms with Crippen LogP contribution in [0, 0.1) is 11.3 Å². The highest BCUT2D eigenvalue weighted by Crippen LogP contribution is 2.27. The molecule has 1 rings (SSSR count). The molecule has 1 aromatic rings. The molecule has 0 saturated carbocycles. The molecule has 0 saturated heterocycles. The van der Waals surface area contributed by atoms with Crippen LogP contribution >= 0.6 is 11.6 Å². The summed E-state index contributed by atoms with van der Waals surface area (Å²) < 4.78 is 36.4. The SMILES string of the molecule is CC(CC(F)(F)F)Nc1cccc(Cl)c1C#N. The molecule has 0 bridgehead atoms. The van der Waals surface area contributed by atoms with Crippen molar-refractivity contribution in [2.75, 3.05) is 5.32 Å². The molecular formula is C11H10ClF3N2. The Bertz CT molecular complexity index is 437. The predicted molar refractivity (Wildman–Crippen MR) is 59.9 cm³/mol. The van der Waals surface area contributed by atoms with Crippen LogP contribution in [0.4, 0.5) is 18.9 Å². The third kappa shape index (κ3) is 4.16. The van der Waals surface area contributed by atoms with Crippen molar-refractivity contribution in [2.45, 2.75) is 25.6 Å². The van der Waals surface area contributed by atoms with Crippen molar-refractivity contribution in [1.82, 2.24) is 0 Å². The molecule has 0 aromatic heterocycles. The zero-order chi connectivity index (χ0) is 13.1. The van der Waals surface area contributed by atoms with E-state index in [4.69, 9.17) is 16.9 Å². The number of rotatable bonds is 3. The van der Waals surface area contributed by atoms with Gasteiger partial charge in [0.25, 0.3) is 0 Å². The fourth-order valence-electron chi connectivity index (χ4n) is 1.42. The molecule has 1 unspecified atom stereocenters. The van der Waals surface area contributed by atoms with Crippen molar-refractivity contribution in [3.05, 3.63) is 28.8 Å². The topological polar surface area (TPSA) is 35.8 Å². The lowest BCUT2D eigenvalue weighted by molar-refractivity contribution is -0.136. The second-order valence-electron chi connectivity index (χ2n) is 3.64. The Kier molecular flexibility index (Phi) is 4.24. The lowest BCUT2D eigenvalue weighted by atomic mass is 10.1. The number of benzene rings is 1. The molecule has 0 amide bonds. The van der Waals surface area contributed by atoms with Gasteiger partial charge in [0.05, 0.1) is 22.7 Å². The van der Waals surface area contributed by atoms with Crippen LogP contribution in [0.15, 0.2) is 18.2 Å². The monoisotopic (exact) mass is 262 g/mol. The minimum atomic E-state index is -4.24. The fourth-order valence-corrected chi connectivity index (χ4v) is 1.64. The first-order chi connectivity index (χ1) is 7.83. The lowest BCUT2D eigenvalue weighted by Gasteiger charge is -2.18. The molecule has 17 heavy (non-hydrogen) atoms. The molecule has 2 nitrogen and oxygen atoms in total. The average molecular weight is 263 g/mol. The quantitative estimate of drug-likeness (QED) is 0.895. The lowest BCUT2D eigenvalue weighted by Crippen LogP contribution is -2.24. The molecular weight excluding hydrogens is 253 g/mol. The Morgan fingerprint density at radius 2 is 2.12 bits per heavy atom. The van der Waals surface area contributed by atoms with E-state index in [1.807, 2.05) is 6.07 Å². The van der Waals surface area contributed by atoms with Crippen LogP contribution in [-0.2, 0) is 0 Å². The normalized spacial score (nSPS) is 12.9. The van der Waals surface area contributed by atoms with Crippen molar-refractivity contribution >= 4 is 17.3 Å². The summed E-state index contributed by atoms with van der Waals surface area (Å²) >= 11 is 5.76. The highest BCUT2D eigenvalue weighted by molar-refractivity contribution is 6.32. The summed E-state index contributed by atoms with van der Waals surface area (Å²) in [5.74, 6) is 0. The van der Waals surface area contributed by atoms with E-state index in [0.717, 1.165) is 0 Å². The molecule has 0 fully saturated rings. The number of nitriles is 1. The maximum absolute atomic E-state index is 12.1. The van der Waals surface area contributed by atoms with E-state index >= 15 is 0 Å². The Morgan fingerprint density at radius 1 is 1.47 bits per heavy atom. The highest BCUT2D eigenvalue weighted by Gasteiger charge is 2.30. The fraction of sp³-hybridized carbons (Fsp3) is 0.364. The van der Waals surface area contributed by atoms with Crippen LogP contribution in [0.25, 0.3) is 0 Å². The summed E-state index contributed by atoms with van der Waals surface area (Å²) in [7, 11) is 0. The Labute approximate surface area is 102 Å². The summed E-state index contributed by atoms with van der Waals surface area (Å²) in [6.07, 6.45) is -5.21.